The van der Waals surface area contributed by atoms with Gasteiger partial charge in [-0.2, -0.15) is 0 Å². The van der Waals surface area contributed by atoms with Crippen molar-refractivity contribution in [3.05, 3.63) is 45.3 Å². The normalized spacial score (nSPS) is 14.9. The van der Waals surface area contributed by atoms with Gasteiger partial charge in [-0.05, 0) is 80.6 Å². The number of halogens is 1. The van der Waals surface area contributed by atoms with Crippen LogP contribution < -0.4 is 15.4 Å². The van der Waals surface area contributed by atoms with Gasteiger partial charge in [0, 0.05) is 16.3 Å². The second-order valence-corrected chi connectivity index (χ2v) is 9.63. The molecule has 172 valence electrons. The smallest absolute Gasteiger partial charge is 0.341 e. The molecule has 1 heterocycles. The van der Waals surface area contributed by atoms with Gasteiger partial charge in [0.05, 0.1) is 18.8 Å². The molecule has 0 aliphatic heterocycles. The summed E-state index contributed by atoms with van der Waals surface area (Å²) in [4.78, 5) is 26.0. The van der Waals surface area contributed by atoms with Gasteiger partial charge < -0.3 is 20.1 Å². The van der Waals surface area contributed by atoms with E-state index in [4.69, 9.17) is 33.3 Å². The second kappa shape index (κ2) is 11.6. The Morgan fingerprint density at radius 1 is 1.28 bits per heavy atom. The van der Waals surface area contributed by atoms with Crippen LogP contribution in [0.15, 0.2) is 24.3 Å². The van der Waals surface area contributed by atoms with Crippen LogP contribution in [0, 0.1) is 5.92 Å². The summed E-state index contributed by atoms with van der Waals surface area (Å²) in [6.45, 7) is 4.70. The summed E-state index contributed by atoms with van der Waals surface area (Å²) in [6.07, 6.45) is 3.61. The van der Waals surface area contributed by atoms with E-state index in [1.807, 2.05) is 0 Å². The van der Waals surface area contributed by atoms with Gasteiger partial charge in [0.2, 0.25) is 5.91 Å². The molecule has 3 rings (SSSR count). The molecule has 0 saturated carbocycles. The lowest BCUT2D eigenvalue weighted by molar-refractivity contribution is -0.119. The van der Waals surface area contributed by atoms with Crippen molar-refractivity contribution < 1.29 is 19.1 Å². The van der Waals surface area contributed by atoms with Crippen molar-refractivity contribution in [3.8, 4) is 5.75 Å². The zero-order valence-corrected chi connectivity index (χ0v) is 20.6. The van der Waals surface area contributed by atoms with Crippen LogP contribution in [0.2, 0.25) is 5.02 Å². The maximum Gasteiger partial charge on any atom is 0.341 e. The average molecular weight is 495 g/mol. The highest BCUT2D eigenvalue weighted by Crippen LogP contribution is 2.40. The second-order valence-electron chi connectivity index (χ2n) is 7.68. The van der Waals surface area contributed by atoms with Gasteiger partial charge in [0.1, 0.15) is 10.8 Å². The van der Waals surface area contributed by atoms with Crippen LogP contribution >= 0.6 is 35.2 Å². The number of fused-ring (bicyclic) bond motifs is 1. The van der Waals surface area contributed by atoms with Crippen LogP contribution in [0.25, 0.3) is 0 Å². The number of hydrogen-bond acceptors (Lipinski definition) is 6. The maximum atomic E-state index is 12.6. The van der Waals surface area contributed by atoms with Gasteiger partial charge in [-0.3, -0.25) is 4.79 Å². The molecule has 2 aromatic rings. The number of thiocarbonyl (C=S) groups is 1. The van der Waals surface area contributed by atoms with Gasteiger partial charge in [0.25, 0.3) is 0 Å². The number of amides is 1. The molecule has 0 saturated heterocycles. The molecule has 0 fully saturated rings. The molecule has 0 bridgehead atoms. The lowest BCUT2D eigenvalue weighted by Gasteiger charge is -2.18. The Kier molecular flexibility index (Phi) is 8.90. The molecule has 1 atom stereocenters. The number of carbonyl (C=O) groups excluding carboxylic acids is 2. The molecule has 1 aliphatic carbocycles. The third kappa shape index (κ3) is 6.67. The minimum absolute atomic E-state index is 0.172. The van der Waals surface area contributed by atoms with Crippen molar-refractivity contribution in [2.75, 3.05) is 18.5 Å². The Morgan fingerprint density at radius 2 is 2.03 bits per heavy atom. The standard InChI is InChI=1S/C23H27ClN2O4S2/c1-3-29-22(28)20-17-11-6-14(2)13-18(17)32-21(20)26-23(31)25-19(27)5-4-12-30-16-9-7-15(24)8-10-16/h7-10,14H,3-6,11-13H2,1-2H3,(H2,25,26,27,31). The summed E-state index contributed by atoms with van der Waals surface area (Å²) in [5.41, 5.74) is 1.59. The average Bonchev–Trinajstić information content (AvgIpc) is 3.09. The fraction of sp³-hybridized carbons (Fsp3) is 0.435. The number of carbonyl (C=O) groups is 2. The molecule has 9 heteroatoms. The zero-order chi connectivity index (χ0) is 23.1. The van der Waals surface area contributed by atoms with Crippen LogP contribution in [-0.4, -0.2) is 30.2 Å². The van der Waals surface area contributed by atoms with Crippen molar-refractivity contribution in [3.63, 3.8) is 0 Å². The van der Waals surface area contributed by atoms with E-state index in [2.05, 4.69) is 17.6 Å². The first-order valence-electron chi connectivity index (χ1n) is 10.7. The summed E-state index contributed by atoms with van der Waals surface area (Å²) in [5, 5.41) is 7.19. The Balaban J connectivity index is 1.53. The van der Waals surface area contributed by atoms with Gasteiger partial charge >= 0.3 is 5.97 Å². The van der Waals surface area contributed by atoms with E-state index in [9.17, 15) is 9.59 Å². The lowest BCUT2D eigenvalue weighted by atomic mass is 9.88. The molecule has 1 unspecified atom stereocenters. The SMILES string of the molecule is CCOC(=O)c1c(NC(=S)NC(=O)CCCOc2ccc(Cl)cc2)sc2c1CCC(C)C2. The first-order chi connectivity index (χ1) is 15.4. The molecule has 32 heavy (non-hydrogen) atoms. The highest BCUT2D eigenvalue weighted by Gasteiger charge is 2.28. The van der Waals surface area contributed by atoms with Crippen molar-refractivity contribution >= 4 is 57.1 Å². The van der Waals surface area contributed by atoms with Gasteiger partial charge in [-0.25, -0.2) is 4.79 Å². The number of thiophene rings is 1. The Labute approximate surface area is 202 Å². The molecule has 0 radical (unpaired) electrons. The molecule has 1 aromatic heterocycles. The predicted molar refractivity (Wildman–Crippen MR) is 132 cm³/mol. The molecule has 1 amide bonds. The predicted octanol–water partition coefficient (Wildman–Crippen LogP) is 5.38. The van der Waals surface area contributed by atoms with E-state index in [1.165, 1.54) is 16.2 Å². The Morgan fingerprint density at radius 3 is 2.75 bits per heavy atom. The number of nitrogens with one attached hydrogen (secondary N) is 2. The monoisotopic (exact) mass is 494 g/mol. The highest BCUT2D eigenvalue weighted by molar-refractivity contribution is 7.80. The number of rotatable bonds is 8. The highest BCUT2D eigenvalue weighted by atomic mass is 35.5. The summed E-state index contributed by atoms with van der Waals surface area (Å²) in [6, 6.07) is 7.07. The third-order valence-electron chi connectivity index (χ3n) is 5.10. The number of ether oxygens (including phenoxy) is 2. The molecule has 6 nitrogen and oxygen atoms in total. The number of benzene rings is 1. The van der Waals surface area contributed by atoms with E-state index in [0.29, 0.717) is 46.9 Å². The summed E-state index contributed by atoms with van der Waals surface area (Å²) in [7, 11) is 0. The topological polar surface area (TPSA) is 76.7 Å². The van der Waals surface area contributed by atoms with Gasteiger partial charge in [0.15, 0.2) is 5.11 Å². The molecule has 1 aromatic carbocycles. The number of anilines is 1. The third-order valence-corrected chi connectivity index (χ3v) is 6.73. The van der Waals surface area contributed by atoms with Crippen LogP contribution in [-0.2, 0) is 22.4 Å². The molecule has 0 spiro atoms. The summed E-state index contributed by atoms with van der Waals surface area (Å²) in [5.74, 6) is 0.714. The Hall–Kier alpha value is -2.16. The van der Waals surface area contributed by atoms with Crippen molar-refractivity contribution in [2.45, 2.75) is 46.0 Å². The Bertz CT molecular complexity index is 975. The first kappa shape index (κ1) is 24.5. The summed E-state index contributed by atoms with van der Waals surface area (Å²) < 4.78 is 10.9. The van der Waals surface area contributed by atoms with Crippen LogP contribution in [0.4, 0.5) is 5.00 Å². The molecular formula is C23H27ClN2O4S2. The lowest BCUT2D eigenvalue weighted by Crippen LogP contribution is -2.34. The van der Waals surface area contributed by atoms with Crippen LogP contribution in [0.3, 0.4) is 0 Å². The molecular weight excluding hydrogens is 468 g/mol. The fourth-order valence-electron chi connectivity index (χ4n) is 3.54. The number of hydrogen-bond donors (Lipinski definition) is 2. The zero-order valence-electron chi connectivity index (χ0n) is 18.2. The van der Waals surface area contributed by atoms with E-state index >= 15 is 0 Å². The molecule has 2 N–H and O–H groups in total. The first-order valence-corrected chi connectivity index (χ1v) is 12.3. The largest absolute Gasteiger partial charge is 0.494 e. The van der Waals surface area contributed by atoms with E-state index < -0.39 is 0 Å². The maximum absolute atomic E-state index is 12.6. The molecule has 1 aliphatic rings. The van der Waals surface area contributed by atoms with Crippen molar-refractivity contribution in [1.29, 1.82) is 0 Å². The van der Waals surface area contributed by atoms with E-state index in [0.717, 1.165) is 24.8 Å². The van der Waals surface area contributed by atoms with Crippen molar-refractivity contribution in [2.24, 2.45) is 5.92 Å². The van der Waals surface area contributed by atoms with Crippen LogP contribution in [0.5, 0.6) is 5.75 Å². The van der Waals surface area contributed by atoms with Gasteiger partial charge in [-0.15, -0.1) is 11.3 Å². The summed E-state index contributed by atoms with van der Waals surface area (Å²) >= 11 is 12.7. The number of esters is 1. The fourth-order valence-corrected chi connectivity index (χ4v) is 5.34. The minimum Gasteiger partial charge on any atom is -0.494 e. The van der Waals surface area contributed by atoms with Gasteiger partial charge in [-0.1, -0.05) is 18.5 Å². The van der Waals surface area contributed by atoms with Crippen LogP contribution in [0.1, 0.15) is 53.9 Å². The minimum atomic E-state index is -0.351. The van der Waals surface area contributed by atoms with E-state index in [-0.39, 0.29) is 23.4 Å². The quantitative estimate of drug-likeness (QED) is 0.291. The van der Waals surface area contributed by atoms with Crippen molar-refractivity contribution in [1.82, 2.24) is 5.32 Å². The van der Waals surface area contributed by atoms with E-state index in [1.54, 1.807) is 31.2 Å².